The van der Waals surface area contributed by atoms with Crippen molar-refractivity contribution in [1.82, 2.24) is 0 Å². The largest absolute Gasteiger partial charge is 0.453 e. The molecule has 100 valence electrons. The van der Waals surface area contributed by atoms with Gasteiger partial charge in [-0.25, -0.2) is 4.79 Å². The normalized spacial score (nSPS) is 36.8. The lowest BCUT2D eigenvalue weighted by molar-refractivity contribution is -0.327. The van der Waals surface area contributed by atoms with E-state index in [1.54, 1.807) is 6.92 Å². The Hall–Kier alpha value is -0.870. The molecule has 2 saturated carbocycles. The second-order valence-corrected chi connectivity index (χ2v) is 5.65. The van der Waals surface area contributed by atoms with E-state index in [-0.39, 0.29) is 12.1 Å². The molecule has 1 aliphatic heterocycles. The lowest BCUT2D eigenvalue weighted by Gasteiger charge is -2.44. The van der Waals surface area contributed by atoms with Crippen LogP contribution in [0.1, 0.15) is 32.6 Å². The molecule has 4 heteroatoms. The van der Waals surface area contributed by atoms with Gasteiger partial charge in [0.15, 0.2) is 6.10 Å². The van der Waals surface area contributed by atoms with Gasteiger partial charge in [0.2, 0.25) is 5.79 Å². The third-order valence-electron chi connectivity index (χ3n) is 4.39. The summed E-state index contributed by atoms with van der Waals surface area (Å²) >= 11 is 0. The first-order valence-electron chi connectivity index (χ1n) is 6.78. The molecule has 0 N–H and O–H groups in total. The number of hydrogen-bond acceptors (Lipinski definition) is 4. The molecule has 0 aromatic heterocycles. The molecular formula is C14H20O4. The number of fused-ring (bicyclic) bond motifs is 3. The monoisotopic (exact) mass is 252 g/mol. The van der Waals surface area contributed by atoms with Gasteiger partial charge >= 0.3 is 5.97 Å². The Labute approximate surface area is 107 Å². The van der Waals surface area contributed by atoms with Gasteiger partial charge < -0.3 is 14.2 Å². The third-order valence-corrected chi connectivity index (χ3v) is 4.39. The highest BCUT2D eigenvalue weighted by Gasteiger charge is 2.63. The Morgan fingerprint density at radius 3 is 2.72 bits per heavy atom. The number of carbonyl (C=O) groups is 1. The predicted octanol–water partition coefficient (Wildman–Crippen LogP) is 2.04. The molecule has 1 spiro atoms. The second kappa shape index (κ2) is 4.35. The van der Waals surface area contributed by atoms with E-state index >= 15 is 0 Å². The van der Waals surface area contributed by atoms with Gasteiger partial charge in [0.05, 0.1) is 13.2 Å². The fraction of sp³-hybridized carbons (Fsp3) is 0.786. The van der Waals surface area contributed by atoms with Crippen LogP contribution in [0.15, 0.2) is 12.2 Å². The minimum atomic E-state index is -0.660. The van der Waals surface area contributed by atoms with E-state index in [1.165, 1.54) is 0 Å². The van der Waals surface area contributed by atoms with E-state index in [1.807, 2.05) is 0 Å². The van der Waals surface area contributed by atoms with E-state index in [2.05, 4.69) is 6.58 Å². The molecule has 0 radical (unpaired) electrons. The first kappa shape index (κ1) is 12.2. The summed E-state index contributed by atoms with van der Waals surface area (Å²) in [6, 6.07) is 0. The summed E-state index contributed by atoms with van der Waals surface area (Å²) in [4.78, 5) is 11.8. The third kappa shape index (κ3) is 1.70. The molecule has 3 aliphatic rings. The number of rotatable bonds is 2. The number of hydrogen-bond donors (Lipinski definition) is 0. The van der Waals surface area contributed by atoms with Gasteiger partial charge in [-0.3, -0.25) is 0 Å². The molecule has 3 fully saturated rings. The molecule has 0 aromatic carbocycles. The van der Waals surface area contributed by atoms with Crippen LogP contribution in [-0.2, 0) is 19.0 Å². The second-order valence-electron chi connectivity index (χ2n) is 5.65. The van der Waals surface area contributed by atoms with Crippen molar-refractivity contribution < 1.29 is 19.0 Å². The van der Waals surface area contributed by atoms with Crippen LogP contribution in [0.3, 0.4) is 0 Å². The highest BCUT2D eigenvalue weighted by molar-refractivity contribution is 5.87. The Morgan fingerprint density at radius 1 is 1.33 bits per heavy atom. The average molecular weight is 252 g/mol. The molecule has 4 nitrogen and oxygen atoms in total. The van der Waals surface area contributed by atoms with Crippen molar-refractivity contribution in [3.05, 3.63) is 12.2 Å². The quantitative estimate of drug-likeness (QED) is 0.557. The van der Waals surface area contributed by atoms with Crippen LogP contribution in [0.5, 0.6) is 0 Å². The zero-order valence-corrected chi connectivity index (χ0v) is 10.8. The Balaban J connectivity index is 1.81. The minimum Gasteiger partial charge on any atom is -0.453 e. The van der Waals surface area contributed by atoms with Crippen LogP contribution in [-0.4, -0.2) is 31.1 Å². The maximum atomic E-state index is 11.8. The van der Waals surface area contributed by atoms with Crippen molar-refractivity contribution in [2.45, 2.75) is 44.5 Å². The van der Waals surface area contributed by atoms with Crippen molar-refractivity contribution in [3.8, 4) is 0 Å². The van der Waals surface area contributed by atoms with Gasteiger partial charge in [-0.05, 0) is 32.6 Å². The molecule has 3 rings (SSSR count). The molecule has 3 unspecified atom stereocenters. The predicted molar refractivity (Wildman–Crippen MR) is 64.8 cm³/mol. The van der Waals surface area contributed by atoms with Crippen molar-refractivity contribution in [3.63, 3.8) is 0 Å². The van der Waals surface area contributed by atoms with Crippen molar-refractivity contribution in [2.24, 2.45) is 11.8 Å². The zero-order valence-electron chi connectivity index (χ0n) is 10.8. The van der Waals surface area contributed by atoms with Crippen molar-refractivity contribution >= 4 is 5.97 Å². The number of esters is 1. The first-order valence-corrected chi connectivity index (χ1v) is 6.78. The van der Waals surface area contributed by atoms with Crippen LogP contribution >= 0.6 is 0 Å². The average Bonchev–Trinajstić information content (AvgIpc) is 2.93. The molecule has 0 amide bonds. The lowest BCUT2D eigenvalue weighted by atomic mass is 9.90. The fourth-order valence-corrected chi connectivity index (χ4v) is 3.58. The fourth-order valence-electron chi connectivity index (χ4n) is 3.58. The van der Waals surface area contributed by atoms with Crippen molar-refractivity contribution in [2.75, 3.05) is 13.2 Å². The maximum absolute atomic E-state index is 11.8. The summed E-state index contributed by atoms with van der Waals surface area (Å²) in [5, 5.41) is 0. The molecule has 1 saturated heterocycles. The van der Waals surface area contributed by atoms with Gasteiger partial charge in [-0.2, -0.15) is 0 Å². The first-order chi connectivity index (χ1) is 8.63. The highest BCUT2D eigenvalue weighted by Crippen LogP contribution is 2.55. The summed E-state index contributed by atoms with van der Waals surface area (Å²) < 4.78 is 17.5. The Kier molecular flexibility index (Phi) is 2.94. The van der Waals surface area contributed by atoms with E-state index < -0.39 is 5.79 Å². The SMILES string of the molecule is C=C(C)C(=O)OC1C2CCC(C2)C12OCCCO2. The lowest BCUT2D eigenvalue weighted by Crippen LogP contribution is -2.55. The summed E-state index contributed by atoms with van der Waals surface area (Å²) in [7, 11) is 0. The molecule has 2 aliphatic carbocycles. The maximum Gasteiger partial charge on any atom is 0.333 e. The Morgan fingerprint density at radius 2 is 2.06 bits per heavy atom. The summed E-state index contributed by atoms with van der Waals surface area (Å²) in [6.45, 7) is 6.71. The van der Waals surface area contributed by atoms with Crippen LogP contribution < -0.4 is 0 Å². The number of carbonyl (C=O) groups excluding carboxylic acids is 1. The van der Waals surface area contributed by atoms with Gasteiger partial charge in [-0.1, -0.05) is 6.58 Å². The van der Waals surface area contributed by atoms with E-state index in [9.17, 15) is 4.79 Å². The van der Waals surface area contributed by atoms with Gasteiger partial charge in [0.25, 0.3) is 0 Å². The highest BCUT2D eigenvalue weighted by atomic mass is 16.7. The van der Waals surface area contributed by atoms with Crippen molar-refractivity contribution in [1.29, 1.82) is 0 Å². The zero-order chi connectivity index (χ0) is 12.8. The topological polar surface area (TPSA) is 44.8 Å². The van der Waals surface area contributed by atoms with E-state index in [4.69, 9.17) is 14.2 Å². The molecular weight excluding hydrogens is 232 g/mol. The standard InChI is InChI=1S/C14H20O4/c1-9(2)13(15)18-12-10-4-5-11(8-10)14(12)16-6-3-7-17-14/h10-12H,1,3-8H2,2H3. The van der Waals surface area contributed by atoms with Crippen LogP contribution in [0, 0.1) is 11.8 Å². The van der Waals surface area contributed by atoms with Gasteiger partial charge in [-0.15, -0.1) is 0 Å². The minimum absolute atomic E-state index is 0.249. The van der Waals surface area contributed by atoms with Crippen LogP contribution in [0.4, 0.5) is 0 Å². The number of ether oxygens (including phenoxy) is 3. The van der Waals surface area contributed by atoms with E-state index in [0.29, 0.717) is 30.6 Å². The summed E-state index contributed by atoms with van der Waals surface area (Å²) in [6.07, 6.45) is 3.94. The summed E-state index contributed by atoms with van der Waals surface area (Å²) in [5.74, 6) is -0.224. The molecule has 2 bridgehead atoms. The van der Waals surface area contributed by atoms with E-state index in [0.717, 1.165) is 25.7 Å². The Bertz CT molecular complexity index is 370. The van der Waals surface area contributed by atoms with Crippen LogP contribution in [0.25, 0.3) is 0 Å². The van der Waals surface area contributed by atoms with Gasteiger partial charge in [0.1, 0.15) is 0 Å². The smallest absolute Gasteiger partial charge is 0.333 e. The van der Waals surface area contributed by atoms with Crippen LogP contribution in [0.2, 0.25) is 0 Å². The molecule has 3 atom stereocenters. The van der Waals surface area contributed by atoms with Gasteiger partial charge in [0, 0.05) is 17.4 Å². The summed E-state index contributed by atoms with van der Waals surface area (Å²) in [5.41, 5.74) is 0.434. The molecule has 0 aromatic rings. The molecule has 18 heavy (non-hydrogen) atoms. The molecule has 1 heterocycles.